The number of aryl methyl sites for hydroxylation is 1. The molecular weight excluding hydrogens is 268 g/mol. The van der Waals surface area contributed by atoms with Gasteiger partial charge in [0.2, 0.25) is 0 Å². The molecule has 0 aliphatic carbocycles. The molecule has 2 heterocycles. The van der Waals surface area contributed by atoms with Crippen molar-refractivity contribution in [1.82, 2.24) is 10.2 Å². The lowest BCUT2D eigenvalue weighted by Gasteiger charge is -2.12. The summed E-state index contributed by atoms with van der Waals surface area (Å²) in [7, 11) is 0. The van der Waals surface area contributed by atoms with Crippen LogP contribution in [0.25, 0.3) is 6.08 Å². The van der Waals surface area contributed by atoms with Crippen LogP contribution >= 0.6 is 0 Å². The highest BCUT2D eigenvalue weighted by atomic mass is 16.3. The highest BCUT2D eigenvalue weighted by Crippen LogP contribution is 2.17. The molecule has 1 aliphatic rings. The van der Waals surface area contributed by atoms with Gasteiger partial charge in [-0.3, -0.25) is 9.69 Å². The van der Waals surface area contributed by atoms with Gasteiger partial charge in [-0.15, -0.1) is 0 Å². The molecule has 1 aromatic heterocycles. The minimum absolute atomic E-state index is 0.258. The molecule has 1 N–H and O–H groups in total. The number of urea groups is 1. The number of carbonyl (C=O) groups excluding carboxylic acids is 2. The second-order valence-corrected chi connectivity index (χ2v) is 4.93. The van der Waals surface area contributed by atoms with Crippen LogP contribution in [-0.4, -0.2) is 16.8 Å². The quantitative estimate of drug-likeness (QED) is 0.695. The fourth-order valence-electron chi connectivity index (χ4n) is 2.23. The Labute approximate surface area is 121 Å². The number of nitrogens with zero attached hydrogens (tertiary/aromatic N) is 1. The normalized spacial score (nSPS) is 16.6. The maximum Gasteiger partial charge on any atom is 0.329 e. The first kappa shape index (κ1) is 13.2. The first-order valence-electron chi connectivity index (χ1n) is 6.56. The minimum atomic E-state index is -0.406. The van der Waals surface area contributed by atoms with Gasteiger partial charge in [0.15, 0.2) is 0 Å². The first-order chi connectivity index (χ1) is 10.1. The molecule has 1 aromatic carbocycles. The molecule has 3 amide bonds. The lowest BCUT2D eigenvalue weighted by molar-refractivity contribution is -0.123. The van der Waals surface area contributed by atoms with Gasteiger partial charge in [0.05, 0.1) is 19.1 Å². The molecule has 21 heavy (non-hydrogen) atoms. The monoisotopic (exact) mass is 282 g/mol. The summed E-state index contributed by atoms with van der Waals surface area (Å²) in [5, 5.41) is 2.58. The van der Waals surface area contributed by atoms with Crippen molar-refractivity contribution in [2.45, 2.75) is 13.5 Å². The van der Waals surface area contributed by atoms with Gasteiger partial charge in [0.1, 0.15) is 5.70 Å². The summed E-state index contributed by atoms with van der Waals surface area (Å²) < 4.78 is 4.94. The van der Waals surface area contributed by atoms with Gasteiger partial charge in [0.25, 0.3) is 5.91 Å². The summed E-state index contributed by atoms with van der Waals surface area (Å²) in [6, 6.07) is 9.04. The molecule has 0 spiro atoms. The predicted octanol–water partition coefficient (Wildman–Crippen LogP) is 2.68. The van der Waals surface area contributed by atoms with E-state index in [1.54, 1.807) is 12.1 Å². The lowest BCUT2D eigenvalue weighted by Crippen LogP contribution is -2.30. The average molecular weight is 282 g/mol. The topological polar surface area (TPSA) is 62.6 Å². The van der Waals surface area contributed by atoms with Crippen molar-refractivity contribution in [2.75, 3.05) is 0 Å². The van der Waals surface area contributed by atoms with Crippen molar-refractivity contribution in [1.29, 1.82) is 0 Å². The summed E-state index contributed by atoms with van der Waals surface area (Å²) in [4.78, 5) is 25.4. The average Bonchev–Trinajstić information content (AvgIpc) is 3.04. The van der Waals surface area contributed by atoms with Crippen molar-refractivity contribution < 1.29 is 14.0 Å². The van der Waals surface area contributed by atoms with E-state index < -0.39 is 6.03 Å². The van der Waals surface area contributed by atoms with Crippen molar-refractivity contribution in [3.63, 3.8) is 0 Å². The largest absolute Gasteiger partial charge is 0.472 e. The molecule has 0 atom stereocenters. The first-order valence-corrected chi connectivity index (χ1v) is 6.56. The summed E-state index contributed by atoms with van der Waals surface area (Å²) >= 11 is 0. The molecule has 2 aromatic rings. The van der Waals surface area contributed by atoms with E-state index >= 15 is 0 Å². The zero-order chi connectivity index (χ0) is 14.8. The van der Waals surface area contributed by atoms with Crippen LogP contribution < -0.4 is 5.32 Å². The Bertz CT molecular complexity index is 717. The zero-order valence-corrected chi connectivity index (χ0v) is 11.5. The molecule has 5 heteroatoms. The number of carbonyl (C=O) groups is 2. The number of hydrogen-bond donors (Lipinski definition) is 1. The van der Waals surface area contributed by atoms with E-state index in [0.29, 0.717) is 0 Å². The van der Waals surface area contributed by atoms with E-state index in [9.17, 15) is 9.59 Å². The Hall–Kier alpha value is -2.82. The fraction of sp³-hybridized carbons (Fsp3) is 0.125. The van der Waals surface area contributed by atoms with E-state index in [1.807, 2.05) is 31.2 Å². The Balaban J connectivity index is 1.81. The molecule has 0 saturated carbocycles. The minimum Gasteiger partial charge on any atom is -0.472 e. The summed E-state index contributed by atoms with van der Waals surface area (Å²) in [6.07, 6.45) is 4.62. The number of hydrogen-bond acceptors (Lipinski definition) is 3. The summed E-state index contributed by atoms with van der Waals surface area (Å²) in [5.41, 5.74) is 3.00. The molecule has 1 saturated heterocycles. The van der Waals surface area contributed by atoms with E-state index in [4.69, 9.17) is 4.42 Å². The standard InChI is InChI=1S/C16H14N2O3/c1-11-3-2-4-12(7-11)9-18-15(19)14(17-16(18)20)8-13-5-6-21-10-13/h2-8,10H,9H2,1H3,(H,17,20)/b14-8+. The van der Waals surface area contributed by atoms with Crippen molar-refractivity contribution in [2.24, 2.45) is 0 Å². The smallest absolute Gasteiger partial charge is 0.329 e. The Kier molecular flexibility index (Phi) is 3.31. The highest BCUT2D eigenvalue weighted by Gasteiger charge is 2.33. The van der Waals surface area contributed by atoms with Gasteiger partial charge in [0, 0.05) is 5.56 Å². The maximum absolute atomic E-state index is 12.3. The van der Waals surface area contributed by atoms with Gasteiger partial charge in [-0.05, 0) is 24.6 Å². The van der Waals surface area contributed by atoms with Gasteiger partial charge in [-0.2, -0.15) is 0 Å². The summed E-state index contributed by atoms with van der Waals surface area (Å²) in [6.45, 7) is 2.23. The molecule has 0 bridgehead atoms. The number of nitrogens with one attached hydrogen (secondary N) is 1. The molecule has 0 radical (unpaired) electrons. The van der Waals surface area contributed by atoms with Crippen LogP contribution in [0.1, 0.15) is 16.7 Å². The van der Waals surface area contributed by atoms with Crippen LogP contribution in [0.2, 0.25) is 0 Å². The third-order valence-corrected chi connectivity index (χ3v) is 3.24. The third kappa shape index (κ3) is 2.72. The van der Waals surface area contributed by atoms with Crippen molar-refractivity contribution in [3.8, 4) is 0 Å². The van der Waals surface area contributed by atoms with E-state index in [1.165, 1.54) is 17.4 Å². The SMILES string of the molecule is Cc1cccc(CN2C(=O)N/C(=C/c3ccoc3)C2=O)c1. The fourth-order valence-corrected chi connectivity index (χ4v) is 2.23. The molecular formula is C16H14N2O3. The second kappa shape index (κ2) is 5.28. The van der Waals surface area contributed by atoms with Gasteiger partial charge < -0.3 is 9.73 Å². The number of rotatable bonds is 3. The second-order valence-electron chi connectivity index (χ2n) is 4.93. The molecule has 106 valence electrons. The Morgan fingerprint density at radius 1 is 1.29 bits per heavy atom. The third-order valence-electron chi connectivity index (χ3n) is 3.24. The van der Waals surface area contributed by atoms with Crippen LogP contribution in [0, 0.1) is 6.92 Å². The van der Waals surface area contributed by atoms with E-state index in [2.05, 4.69) is 5.32 Å². The van der Waals surface area contributed by atoms with Crippen LogP contribution in [0.5, 0.6) is 0 Å². The van der Waals surface area contributed by atoms with Gasteiger partial charge in [-0.1, -0.05) is 29.8 Å². The van der Waals surface area contributed by atoms with Crippen LogP contribution in [-0.2, 0) is 11.3 Å². The van der Waals surface area contributed by atoms with E-state index in [-0.39, 0.29) is 18.1 Å². The highest BCUT2D eigenvalue weighted by molar-refractivity contribution is 6.13. The number of imide groups is 1. The molecule has 3 rings (SSSR count). The Morgan fingerprint density at radius 3 is 2.86 bits per heavy atom. The number of benzene rings is 1. The lowest BCUT2D eigenvalue weighted by atomic mass is 10.1. The molecule has 1 aliphatic heterocycles. The summed E-state index contributed by atoms with van der Waals surface area (Å²) in [5.74, 6) is -0.331. The van der Waals surface area contributed by atoms with Crippen molar-refractivity contribution in [3.05, 3.63) is 65.2 Å². The molecule has 5 nitrogen and oxygen atoms in total. The van der Waals surface area contributed by atoms with Crippen LogP contribution in [0.4, 0.5) is 4.79 Å². The van der Waals surface area contributed by atoms with Crippen LogP contribution in [0.3, 0.4) is 0 Å². The van der Waals surface area contributed by atoms with Crippen LogP contribution in [0.15, 0.2) is 53.0 Å². The number of furan rings is 1. The zero-order valence-electron chi connectivity index (χ0n) is 11.5. The van der Waals surface area contributed by atoms with Gasteiger partial charge >= 0.3 is 6.03 Å². The van der Waals surface area contributed by atoms with Crippen molar-refractivity contribution >= 4 is 18.0 Å². The molecule has 0 unspecified atom stereocenters. The van der Waals surface area contributed by atoms with E-state index in [0.717, 1.165) is 16.7 Å². The Morgan fingerprint density at radius 2 is 2.14 bits per heavy atom. The predicted molar refractivity (Wildman–Crippen MR) is 76.9 cm³/mol. The maximum atomic E-state index is 12.3. The van der Waals surface area contributed by atoms with Gasteiger partial charge in [-0.25, -0.2) is 4.79 Å². The number of amides is 3. The molecule has 1 fully saturated rings.